The second-order valence-corrected chi connectivity index (χ2v) is 47.1. The highest BCUT2D eigenvalue weighted by atomic mass is 32.2. The van der Waals surface area contributed by atoms with E-state index in [1.54, 1.807) is 37.5 Å². The molecule has 12 aliphatic heterocycles. The predicted molar refractivity (Wildman–Crippen MR) is 555 cm³/mol. The summed E-state index contributed by atoms with van der Waals surface area (Å²) in [7, 11) is 2.80. The molecule has 2 N–H and O–H groups in total. The van der Waals surface area contributed by atoms with Gasteiger partial charge in [0.15, 0.2) is 12.8 Å². The predicted octanol–water partition coefficient (Wildman–Crippen LogP) is 25.0. The van der Waals surface area contributed by atoms with Crippen molar-refractivity contribution in [1.82, 2.24) is 29.4 Å². The number of piperidine rings is 6. The second-order valence-electron chi connectivity index (χ2n) is 44.4. The summed E-state index contributed by atoms with van der Waals surface area (Å²) in [6, 6.07) is 0. The van der Waals surface area contributed by atoms with Gasteiger partial charge in [0, 0.05) is 82.9 Å². The summed E-state index contributed by atoms with van der Waals surface area (Å²) in [5.74, 6) is 7.62. The summed E-state index contributed by atoms with van der Waals surface area (Å²) in [6.45, 7) is 40.1. The van der Waals surface area contributed by atoms with Crippen molar-refractivity contribution in [1.29, 1.82) is 0 Å². The third-order valence-corrected chi connectivity index (χ3v) is 30.6. The van der Waals surface area contributed by atoms with Gasteiger partial charge in [-0.1, -0.05) is 148 Å². The molecule has 0 aromatic rings. The van der Waals surface area contributed by atoms with Crippen LogP contribution in [0, 0.1) is 17.3 Å². The summed E-state index contributed by atoms with van der Waals surface area (Å²) in [5.41, 5.74) is 1.02. The molecule has 776 valence electrons. The van der Waals surface area contributed by atoms with Gasteiger partial charge in [0.05, 0.1) is 37.0 Å². The molecule has 2 bridgehead atoms. The number of likely N-dealkylation sites (tertiary alicyclic amines) is 6. The topological polar surface area (TPSA) is 208 Å². The van der Waals surface area contributed by atoms with Crippen LogP contribution in [0.4, 0.5) is 9.18 Å². The minimum Gasteiger partial charge on any atom is -0.482 e. The van der Waals surface area contributed by atoms with Gasteiger partial charge in [0.1, 0.15) is 25.0 Å². The maximum absolute atomic E-state index is 11.5. The van der Waals surface area contributed by atoms with Gasteiger partial charge < -0.3 is 63.1 Å². The number of hydrogen-bond acceptors (Lipinski definition) is 18. The summed E-state index contributed by atoms with van der Waals surface area (Å²) < 4.78 is 52.3. The van der Waals surface area contributed by atoms with Crippen molar-refractivity contribution in [2.45, 2.75) is 495 Å². The van der Waals surface area contributed by atoms with Gasteiger partial charge in [0.2, 0.25) is 5.91 Å². The van der Waals surface area contributed by atoms with Crippen molar-refractivity contribution in [3.8, 4) is 0 Å². The molecule has 22 heteroatoms. The first-order valence-electron chi connectivity index (χ1n) is 55.5. The molecule has 1 spiro atoms. The van der Waals surface area contributed by atoms with Gasteiger partial charge in [-0.05, 0) is 392 Å². The van der Waals surface area contributed by atoms with Crippen LogP contribution in [-0.2, 0) is 47.5 Å². The lowest BCUT2D eigenvalue weighted by atomic mass is 9.56. The molecule has 10 saturated heterocycles. The molecule has 0 aromatic heterocycles. The van der Waals surface area contributed by atoms with E-state index in [1.807, 2.05) is 39.5 Å². The highest BCUT2D eigenvalue weighted by molar-refractivity contribution is 8.00. The van der Waals surface area contributed by atoms with Crippen molar-refractivity contribution in [3.63, 3.8) is 0 Å². The number of nitrogens with zero attached hydrogens (tertiary/aromatic N) is 8. The summed E-state index contributed by atoms with van der Waals surface area (Å²) in [5, 5.41) is 17.4. The third-order valence-electron chi connectivity index (χ3n) is 28.6. The van der Waals surface area contributed by atoms with E-state index in [0.29, 0.717) is 24.7 Å². The Hall–Kier alpha value is -3.22. The quantitative estimate of drug-likeness (QED) is 0.195. The Morgan fingerprint density at radius 1 is 0.492 bits per heavy atom. The van der Waals surface area contributed by atoms with Crippen molar-refractivity contribution >= 4 is 46.2 Å². The molecule has 10 saturated carbocycles. The number of aliphatic hydroxyl groups is 2. The molecule has 0 radical (unpaired) electrons. The molecular formula is C110H211FN8O12S. The van der Waals surface area contributed by atoms with Crippen molar-refractivity contribution in [2.24, 2.45) is 27.2 Å². The lowest BCUT2D eigenvalue weighted by Gasteiger charge is -2.49. The van der Waals surface area contributed by atoms with E-state index in [-0.39, 0.29) is 41.3 Å². The minimum absolute atomic E-state index is 0.0359. The van der Waals surface area contributed by atoms with E-state index in [4.69, 9.17) is 29.2 Å². The van der Waals surface area contributed by atoms with Crippen molar-refractivity contribution in [2.75, 3.05) is 157 Å². The number of rotatable bonds is 2. The fourth-order valence-corrected chi connectivity index (χ4v) is 19.3. The average Bonchev–Trinajstić information content (AvgIpc) is 0.961. The van der Waals surface area contributed by atoms with Gasteiger partial charge >= 0.3 is 12.1 Å². The Morgan fingerprint density at radius 3 is 1.10 bits per heavy atom. The average molecular weight is 1890 g/mol. The molecule has 0 unspecified atom stereocenters. The molecule has 2 atom stereocenters. The first-order valence-corrected chi connectivity index (χ1v) is 57.6. The molecular weight excluding hydrogens is 1680 g/mol. The largest absolute Gasteiger partial charge is 0.482 e. The lowest BCUT2D eigenvalue weighted by molar-refractivity contribution is -0.138. The number of aliphatic hydroxyl groups excluding tert-OH is 2. The zero-order valence-corrected chi connectivity index (χ0v) is 88.7. The maximum Gasteiger partial charge on any atom is 0.410 e. The van der Waals surface area contributed by atoms with Crippen LogP contribution in [0.25, 0.3) is 0 Å². The molecule has 22 rings (SSSR count). The summed E-state index contributed by atoms with van der Waals surface area (Å²) in [4.78, 5) is 53.8. The molecule has 12 heterocycles. The van der Waals surface area contributed by atoms with Crippen LogP contribution in [-0.4, -0.2) is 278 Å². The van der Waals surface area contributed by atoms with Gasteiger partial charge in [-0.2, -0.15) is 0 Å². The number of carbonyl (C=O) groups excluding carboxylic acids is 3. The van der Waals surface area contributed by atoms with Gasteiger partial charge in [-0.15, -0.1) is 0 Å². The van der Waals surface area contributed by atoms with E-state index < -0.39 is 15.7 Å². The van der Waals surface area contributed by atoms with Crippen molar-refractivity contribution in [3.05, 3.63) is 0 Å². The number of cyclic esters (lactones) is 1. The molecule has 20 nitrogen and oxygen atoms in total. The van der Waals surface area contributed by atoms with Crippen LogP contribution >= 0.6 is 0 Å². The number of fused-ring (bicyclic) bond motifs is 2. The summed E-state index contributed by atoms with van der Waals surface area (Å²) >= 11 is 0. The number of hydrogen-bond donors (Lipinski definition) is 2. The maximum atomic E-state index is 11.5. The number of carbonyl (C=O) groups is 3. The first kappa shape index (κ1) is 121. The Kier molecular flexibility index (Phi) is 69.4. The van der Waals surface area contributed by atoms with Crippen molar-refractivity contribution < 1.29 is 61.6 Å². The van der Waals surface area contributed by atoms with E-state index in [0.717, 1.165) is 172 Å². The van der Waals surface area contributed by atoms with Crippen LogP contribution in [0.15, 0.2) is 9.98 Å². The molecule has 20 fully saturated rings. The third kappa shape index (κ3) is 68.8. The molecule has 22 aliphatic rings. The van der Waals surface area contributed by atoms with Gasteiger partial charge in [-0.3, -0.25) is 23.7 Å². The van der Waals surface area contributed by atoms with Crippen LogP contribution in [0.2, 0.25) is 0 Å². The van der Waals surface area contributed by atoms with Crippen LogP contribution in [0.5, 0.6) is 0 Å². The van der Waals surface area contributed by atoms with Crippen LogP contribution in [0.1, 0.15) is 454 Å². The smallest absolute Gasteiger partial charge is 0.410 e. The summed E-state index contributed by atoms with van der Waals surface area (Å²) in [6.07, 6.45) is 84.4. The highest BCUT2D eigenvalue weighted by Gasteiger charge is 2.42. The Labute approximate surface area is 811 Å². The number of ether oxygens (including phenoxy) is 6. The number of amides is 2. The van der Waals surface area contributed by atoms with E-state index in [1.165, 1.54) is 354 Å². The minimum atomic E-state index is -1.58. The zero-order valence-electron chi connectivity index (χ0n) is 87.9. The number of halogens is 1. The Morgan fingerprint density at radius 2 is 0.909 bits per heavy atom. The molecule has 10 aliphatic carbocycles. The molecule has 132 heavy (non-hydrogen) atoms. The van der Waals surface area contributed by atoms with Gasteiger partial charge in [0.25, 0.3) is 0 Å². The Bertz CT molecular complexity index is 2740. The van der Waals surface area contributed by atoms with E-state index >= 15 is 0 Å². The fourth-order valence-electron chi connectivity index (χ4n) is 17.6. The number of esters is 1. The highest BCUT2D eigenvalue weighted by Crippen LogP contribution is 2.55. The second kappa shape index (κ2) is 75.6. The first-order chi connectivity index (χ1) is 63.5. The monoisotopic (exact) mass is 1890 g/mol. The fraction of sp³-hybridized carbons (Fsp3) is 0.945. The number of alkyl halides is 1. The standard InChI is InChI=1S/C10H19NO2.C9H17N.C9H19N.C7H13NO.C7H12.2C6H13N.C6H12OS.C6H10O.C6H12O.C5H9NO.C5H10O.C5H10.C4H7F.C4H6O2.C4H8O.2C4H8.C3H5NO/c1-10(2,3)13-9(12)11-7-5-4-6-8-11;1-2-6-10(7-3-1)8-9-4-5-9;1-9(2,3)10-7-5-4-6-8-10;1-7(9)8-5-3-2-4-6-8;1-3-7(4-1)5-2-6-7;2*1-7-5-3-2-4-6-7;1-8(7)5-3-2-4-6-8;1-2-6-3-5(1)4-7-6;7-6-4-2-1-3-5-6;1-5(2)3-7-4-6-5;1-2-4-6-5-3-1;1-2-4-5-3-1;5-4-2-1-3-4;5-4-2-1-3-6-4;5-4-2-1-3-4;2*1-2-4-3-1;1-2-5-3-4-1/h4-8H2,1-3H3;9H,1-8H2;4-8H2,1-3H3;2-6H2,1H3;1-6H2;2*2-6H2,1H3;1-6H2;5-6H,1-4H2;6-7H,1-5H2;4H,3H2,1-2H3;1-5H2;1-5H2;4H,1-3H2;1-3H2;4-5H,1-3H2;2*1-4H2;3H,1-2H2/t;;;;;;;;5-,6+;;;;;;;;;;/m........0........../s1. The van der Waals surface area contributed by atoms with E-state index in [2.05, 4.69) is 79.8 Å². The molecule has 2 amide bonds. The zero-order chi connectivity index (χ0) is 95.9. The normalized spacial score (nSPS) is 25.6. The Balaban J connectivity index is 0.000000293. The van der Waals surface area contributed by atoms with E-state index in [9.17, 15) is 23.0 Å². The number of aliphatic imine (C=N–C) groups is 2. The lowest BCUT2D eigenvalue weighted by Crippen LogP contribution is -2.44. The molecule has 0 aromatic carbocycles. The van der Waals surface area contributed by atoms with Crippen LogP contribution < -0.4 is 0 Å². The van der Waals surface area contributed by atoms with Crippen LogP contribution in [0.3, 0.4) is 0 Å². The van der Waals surface area contributed by atoms with Gasteiger partial charge in [-0.25, -0.2) is 14.2 Å². The SMILES string of the molecule is C1=NCCO1.C1CC2(C1)CCC2.C1CCC1.C1CCC1.C1CCCC1.C1CCN(CC2CC2)CC1.C1CCOCC1.C1C[C@@H]2C[C@H]1CO2.C=S1(=O)CCCCC1.CC(=O)N1CCCCC1.CC(C)(C)N1CCCCC1.CC(C)(C)OC(=O)N1CCCCC1.CC1(C)COC=N1.CN1CCCCC1.CN1CCCCC1.FC1CCC1.O=C1CCCO1.OC1CCC1.OC1CCCCC1.